The maximum Gasteiger partial charge on any atom is 0.324 e. The molecule has 0 unspecified atom stereocenters. The first-order chi connectivity index (χ1) is 35.1. The molecule has 0 saturated carbocycles. The van der Waals surface area contributed by atoms with E-state index in [4.69, 9.17) is 0 Å². The highest BCUT2D eigenvalue weighted by molar-refractivity contribution is 6.09. The van der Waals surface area contributed by atoms with Crippen molar-refractivity contribution in [1.82, 2.24) is 56.0 Å². The summed E-state index contributed by atoms with van der Waals surface area (Å²) in [6.45, 7) is 15.0. The molecule has 23 nitrogen and oxygen atoms in total. The maximum absolute atomic E-state index is 14.3. The number of imide groups is 1. The Kier molecular flexibility index (Phi) is 26.3. The second-order valence-corrected chi connectivity index (χ2v) is 20.3. The molecule has 1 heterocycles. The Morgan fingerprint density at radius 3 is 1.69 bits per heavy atom. The van der Waals surface area contributed by atoms with Crippen molar-refractivity contribution in [3.63, 3.8) is 0 Å². The van der Waals surface area contributed by atoms with Gasteiger partial charge in [0, 0.05) is 68.2 Å². The first-order valence-corrected chi connectivity index (χ1v) is 25.8. The molecule has 1 saturated heterocycles. The molecule has 1 aromatic carbocycles. The number of hydrogen-bond donors (Lipinski definition) is 6. The Morgan fingerprint density at radius 2 is 1.17 bits per heavy atom. The van der Waals surface area contributed by atoms with Crippen LogP contribution in [-0.2, 0) is 54.4 Å². The van der Waals surface area contributed by atoms with Crippen molar-refractivity contribution in [3.8, 4) is 0 Å². The molecular formula is C52H85N11O12. The Hall–Kier alpha value is -6.65. The number of carbonyl (C=O) groups excluding carboxylic acids is 11. The number of urea groups is 1. The summed E-state index contributed by atoms with van der Waals surface area (Å²) in [5.74, 6) is -7.28. The molecule has 0 aliphatic carbocycles. The van der Waals surface area contributed by atoms with Crippen molar-refractivity contribution in [2.24, 2.45) is 11.8 Å². The van der Waals surface area contributed by atoms with Crippen LogP contribution >= 0.6 is 0 Å². The summed E-state index contributed by atoms with van der Waals surface area (Å²) < 4.78 is 0. The Morgan fingerprint density at radius 1 is 0.613 bits per heavy atom. The lowest BCUT2D eigenvalue weighted by atomic mass is 10.0. The number of piperidine rings is 1. The van der Waals surface area contributed by atoms with Crippen LogP contribution in [0, 0.1) is 11.8 Å². The molecule has 420 valence electrons. The first kappa shape index (κ1) is 64.5. The SMILES string of the molecule is CCCNC(=O)[C@@H](NC(=O)N(C)C(=O)[C@H](Cc1ccccc1)N(C)C(=O)[C@H](C)N(C)C(=O)[C@@H](C)NC(=O)[C@H](NC(=O)[C@H](CC(C)C)N(C)C(=O)CNC(=O)[C@H](CC(C)C)N(C)C(C)=O)C(=O)N1CCCCC1)[C@@H](C)O. The number of rotatable bonds is 26. The van der Waals surface area contributed by atoms with Crippen LogP contribution in [0.25, 0.3) is 0 Å². The third-order valence-corrected chi connectivity index (χ3v) is 13.3. The highest BCUT2D eigenvalue weighted by Gasteiger charge is 2.41. The third-order valence-electron chi connectivity index (χ3n) is 13.3. The lowest BCUT2D eigenvalue weighted by Gasteiger charge is -2.35. The first-order valence-electron chi connectivity index (χ1n) is 25.8. The summed E-state index contributed by atoms with van der Waals surface area (Å²) >= 11 is 0. The molecule has 6 N–H and O–H groups in total. The molecule has 1 fully saturated rings. The minimum atomic E-state index is -1.85. The van der Waals surface area contributed by atoms with Crippen molar-refractivity contribution in [1.29, 1.82) is 0 Å². The summed E-state index contributed by atoms with van der Waals surface area (Å²) in [5.41, 5.74) is 0.627. The van der Waals surface area contributed by atoms with Crippen molar-refractivity contribution < 1.29 is 57.8 Å². The monoisotopic (exact) mass is 1060 g/mol. The highest BCUT2D eigenvalue weighted by atomic mass is 16.3. The fourth-order valence-corrected chi connectivity index (χ4v) is 8.36. The predicted molar refractivity (Wildman–Crippen MR) is 280 cm³/mol. The minimum absolute atomic E-state index is 0.0460. The molecule has 0 bridgehead atoms. The van der Waals surface area contributed by atoms with E-state index in [1.165, 1.54) is 72.7 Å². The number of nitrogens with zero attached hydrogens (tertiary/aromatic N) is 6. The van der Waals surface area contributed by atoms with Crippen molar-refractivity contribution >= 4 is 65.1 Å². The van der Waals surface area contributed by atoms with E-state index in [2.05, 4.69) is 26.6 Å². The highest BCUT2D eigenvalue weighted by Crippen LogP contribution is 2.18. The molecule has 23 heteroatoms. The van der Waals surface area contributed by atoms with Gasteiger partial charge in [-0.2, -0.15) is 0 Å². The molecule has 75 heavy (non-hydrogen) atoms. The fraction of sp³-hybridized carbons (Fsp3) is 0.673. The maximum atomic E-state index is 14.3. The molecule has 12 amide bonds. The zero-order valence-corrected chi connectivity index (χ0v) is 46.6. The minimum Gasteiger partial charge on any atom is -0.391 e. The van der Waals surface area contributed by atoms with Crippen LogP contribution < -0.4 is 26.6 Å². The van der Waals surface area contributed by atoms with Crippen LogP contribution in [0.1, 0.15) is 106 Å². The Labute approximate surface area is 442 Å². The molecule has 1 aliphatic heterocycles. The summed E-state index contributed by atoms with van der Waals surface area (Å²) in [6.07, 6.45) is 1.78. The third kappa shape index (κ3) is 19.2. The standard InChI is InChI=1S/C52H85N11O12/c1-15-24-53-46(69)42(35(8)64)57-52(75)62(14)50(73)40(29-37-22-18-16-19-23-37)61(13)49(72)34(7)58(10)48(71)33(6)55-47(70)43(51(74)63-25-20-17-21-26-63)56-45(68)39(28-32(4)5)60(12)41(66)30-54-44(67)38(27-31(2)3)59(11)36(9)65/h16,18-19,22-23,31-35,38-40,42-43,64H,15,17,20-21,24-30H2,1-14H3,(H,53,69)(H,54,67)(H,55,70)(H,56,68)(H,57,75)/t33-,34+,35-,38+,39+,40+,42+,43+/m1/s1. The Bertz CT molecular complexity index is 2150. The molecule has 0 aromatic heterocycles. The zero-order chi connectivity index (χ0) is 57.0. The smallest absolute Gasteiger partial charge is 0.324 e. The number of nitrogens with one attached hydrogen (secondary N) is 5. The zero-order valence-electron chi connectivity index (χ0n) is 46.6. The van der Waals surface area contributed by atoms with Crippen LogP contribution in [0.3, 0.4) is 0 Å². The van der Waals surface area contributed by atoms with Gasteiger partial charge >= 0.3 is 6.03 Å². The molecule has 1 aliphatic rings. The van der Waals surface area contributed by atoms with Crippen LogP contribution in [0.4, 0.5) is 4.79 Å². The van der Waals surface area contributed by atoms with Gasteiger partial charge in [0.05, 0.1) is 12.6 Å². The van der Waals surface area contributed by atoms with E-state index in [1.807, 2.05) is 34.6 Å². The molecule has 1 aromatic rings. The number of carbonyl (C=O) groups is 11. The number of likely N-dealkylation sites (tertiary alicyclic amines) is 1. The number of aliphatic hydroxyl groups is 1. The van der Waals surface area contributed by atoms with E-state index in [0.717, 1.165) is 21.1 Å². The number of likely N-dealkylation sites (N-methyl/N-ethyl adjacent to an activating group) is 5. The topological polar surface area (TPSA) is 288 Å². The predicted octanol–water partition coefficient (Wildman–Crippen LogP) is 0.231. The van der Waals surface area contributed by atoms with Gasteiger partial charge in [-0.05, 0) is 76.7 Å². The van der Waals surface area contributed by atoms with E-state index in [1.54, 1.807) is 30.3 Å². The van der Waals surface area contributed by atoms with Crippen LogP contribution in [0.15, 0.2) is 30.3 Å². The Balaban J connectivity index is 2.38. The van der Waals surface area contributed by atoms with Gasteiger partial charge in [0.2, 0.25) is 41.4 Å². The van der Waals surface area contributed by atoms with Crippen LogP contribution in [0.5, 0.6) is 0 Å². The van der Waals surface area contributed by atoms with Crippen molar-refractivity contribution in [2.45, 2.75) is 156 Å². The molecule has 0 radical (unpaired) electrons. The van der Waals surface area contributed by atoms with Gasteiger partial charge in [0.1, 0.15) is 36.3 Å². The van der Waals surface area contributed by atoms with E-state index >= 15 is 0 Å². The van der Waals surface area contributed by atoms with E-state index in [0.29, 0.717) is 49.2 Å². The largest absolute Gasteiger partial charge is 0.391 e. The van der Waals surface area contributed by atoms with E-state index in [9.17, 15) is 57.8 Å². The molecule has 0 spiro atoms. The van der Waals surface area contributed by atoms with Gasteiger partial charge in [0.15, 0.2) is 6.04 Å². The molecular weight excluding hydrogens is 971 g/mol. The lowest BCUT2D eigenvalue weighted by molar-refractivity contribution is -0.150. The summed E-state index contributed by atoms with van der Waals surface area (Å²) in [4.78, 5) is 157. The van der Waals surface area contributed by atoms with Gasteiger partial charge in [-0.15, -0.1) is 0 Å². The van der Waals surface area contributed by atoms with Crippen molar-refractivity contribution in [2.75, 3.05) is 61.4 Å². The second kappa shape index (κ2) is 30.7. The van der Waals surface area contributed by atoms with Gasteiger partial charge in [-0.1, -0.05) is 65.0 Å². The van der Waals surface area contributed by atoms with Gasteiger partial charge in [-0.25, -0.2) is 4.79 Å². The number of hydrogen-bond acceptors (Lipinski definition) is 12. The van der Waals surface area contributed by atoms with Crippen molar-refractivity contribution in [3.05, 3.63) is 35.9 Å². The van der Waals surface area contributed by atoms with Crippen LogP contribution in [0.2, 0.25) is 0 Å². The molecule has 8 atom stereocenters. The quantitative estimate of drug-likeness (QED) is 0.0681. The van der Waals surface area contributed by atoms with E-state index in [-0.39, 0.29) is 37.1 Å². The number of amides is 12. The van der Waals surface area contributed by atoms with Gasteiger partial charge in [-0.3, -0.25) is 52.8 Å². The summed E-state index contributed by atoms with van der Waals surface area (Å²) in [7, 11) is 6.68. The lowest BCUT2D eigenvalue weighted by Crippen LogP contribution is -2.62. The number of benzene rings is 1. The normalized spacial score (nSPS) is 15.6. The average molecular weight is 1060 g/mol. The molecule has 2 rings (SSSR count). The second-order valence-electron chi connectivity index (χ2n) is 20.3. The summed E-state index contributed by atoms with van der Waals surface area (Å²) in [5, 5.41) is 23.0. The van der Waals surface area contributed by atoms with Crippen LogP contribution in [-0.4, -0.2) is 209 Å². The van der Waals surface area contributed by atoms with Gasteiger partial charge < -0.3 is 56.2 Å². The van der Waals surface area contributed by atoms with Gasteiger partial charge in [0.25, 0.3) is 17.7 Å². The fourth-order valence-electron chi connectivity index (χ4n) is 8.36. The van der Waals surface area contributed by atoms with E-state index < -0.39 is 114 Å². The average Bonchev–Trinajstić information content (AvgIpc) is 3.38. The summed E-state index contributed by atoms with van der Waals surface area (Å²) in [6, 6.07) is -1.64. The number of aliphatic hydroxyl groups excluding tert-OH is 1.